The second-order valence-corrected chi connectivity index (χ2v) is 12.7. The molecule has 0 aliphatic heterocycles. The van der Waals surface area contributed by atoms with E-state index in [4.69, 9.17) is 11.6 Å². The van der Waals surface area contributed by atoms with Gasteiger partial charge in [0.2, 0.25) is 11.8 Å². The molecule has 0 saturated heterocycles. The predicted molar refractivity (Wildman–Crippen MR) is 172 cm³/mol. The van der Waals surface area contributed by atoms with Gasteiger partial charge in [-0.15, -0.1) is 0 Å². The molecule has 0 radical (unpaired) electrons. The second kappa shape index (κ2) is 14.4. The van der Waals surface area contributed by atoms with Crippen LogP contribution in [0.5, 0.6) is 0 Å². The van der Waals surface area contributed by atoms with E-state index in [2.05, 4.69) is 5.32 Å². The Balaban J connectivity index is 1.82. The molecule has 0 aromatic heterocycles. The van der Waals surface area contributed by atoms with Crippen molar-refractivity contribution in [3.8, 4) is 0 Å². The van der Waals surface area contributed by atoms with Gasteiger partial charge in [-0.2, -0.15) is 0 Å². The fourth-order valence-corrected chi connectivity index (χ4v) is 6.60. The van der Waals surface area contributed by atoms with E-state index in [1.807, 2.05) is 68.4 Å². The van der Waals surface area contributed by atoms with Crippen LogP contribution in [0.4, 0.5) is 5.69 Å². The first-order valence-electron chi connectivity index (χ1n) is 14.1. The number of carbonyl (C=O) groups excluding carboxylic acids is 2. The van der Waals surface area contributed by atoms with Crippen LogP contribution in [-0.2, 0) is 32.6 Å². The van der Waals surface area contributed by atoms with E-state index in [0.29, 0.717) is 17.1 Å². The Morgan fingerprint density at radius 3 is 2.14 bits per heavy atom. The number of nitrogens with zero attached hydrogens (tertiary/aromatic N) is 2. The third kappa shape index (κ3) is 8.03. The van der Waals surface area contributed by atoms with E-state index in [-0.39, 0.29) is 29.5 Å². The highest BCUT2D eigenvalue weighted by molar-refractivity contribution is 7.92. The number of anilines is 1. The van der Waals surface area contributed by atoms with Crippen LogP contribution in [0.15, 0.2) is 108 Å². The molecule has 0 heterocycles. The summed E-state index contributed by atoms with van der Waals surface area (Å²) in [6, 6.07) is 29.2. The van der Waals surface area contributed by atoms with Gasteiger partial charge in [-0.25, -0.2) is 8.42 Å². The maximum atomic E-state index is 14.4. The van der Waals surface area contributed by atoms with Gasteiger partial charge in [-0.05, 0) is 61.7 Å². The van der Waals surface area contributed by atoms with Gasteiger partial charge in [-0.3, -0.25) is 13.9 Å². The molecule has 0 aliphatic rings. The van der Waals surface area contributed by atoms with Gasteiger partial charge < -0.3 is 10.2 Å². The van der Waals surface area contributed by atoms with Crippen molar-refractivity contribution in [1.82, 2.24) is 10.2 Å². The Hall–Kier alpha value is -4.14. The van der Waals surface area contributed by atoms with Crippen molar-refractivity contribution in [2.24, 2.45) is 0 Å². The maximum Gasteiger partial charge on any atom is 0.264 e. The summed E-state index contributed by atoms with van der Waals surface area (Å²) in [6.45, 7) is 5.50. The van der Waals surface area contributed by atoms with Gasteiger partial charge in [0.05, 0.1) is 10.6 Å². The van der Waals surface area contributed by atoms with Crippen LogP contribution in [0.25, 0.3) is 0 Å². The number of sulfonamides is 1. The summed E-state index contributed by atoms with van der Waals surface area (Å²) in [4.78, 5) is 29.5. The van der Waals surface area contributed by atoms with Crippen LogP contribution in [0, 0.1) is 13.8 Å². The van der Waals surface area contributed by atoms with Crippen LogP contribution in [0.3, 0.4) is 0 Å². The van der Waals surface area contributed by atoms with Crippen molar-refractivity contribution in [3.63, 3.8) is 0 Å². The van der Waals surface area contributed by atoms with Gasteiger partial charge in [0.1, 0.15) is 12.6 Å². The summed E-state index contributed by atoms with van der Waals surface area (Å²) in [5, 5.41) is 3.21. The lowest BCUT2D eigenvalue weighted by atomic mass is 10.0. The minimum Gasteiger partial charge on any atom is -0.355 e. The minimum absolute atomic E-state index is 0.0389. The number of halogens is 1. The first kappa shape index (κ1) is 31.8. The lowest BCUT2D eigenvalue weighted by Crippen LogP contribution is -2.53. The van der Waals surface area contributed by atoms with Crippen molar-refractivity contribution in [1.29, 1.82) is 0 Å². The molecular formula is C34H36ClN3O4S. The molecule has 0 bridgehead atoms. The van der Waals surface area contributed by atoms with Crippen molar-refractivity contribution >= 4 is 39.1 Å². The molecule has 0 fully saturated rings. The zero-order chi connectivity index (χ0) is 31.0. The third-order valence-corrected chi connectivity index (χ3v) is 9.12. The Morgan fingerprint density at radius 2 is 1.49 bits per heavy atom. The highest BCUT2D eigenvalue weighted by atomic mass is 35.5. The normalized spacial score (nSPS) is 11.9. The van der Waals surface area contributed by atoms with E-state index in [9.17, 15) is 18.0 Å². The summed E-state index contributed by atoms with van der Waals surface area (Å²) in [6.07, 6.45) is 0.256. The zero-order valence-corrected chi connectivity index (χ0v) is 26.1. The van der Waals surface area contributed by atoms with Crippen molar-refractivity contribution in [2.45, 2.75) is 44.7 Å². The molecule has 0 saturated carbocycles. The Labute approximate surface area is 259 Å². The van der Waals surface area contributed by atoms with Gasteiger partial charge in [-0.1, -0.05) is 96.0 Å². The van der Waals surface area contributed by atoms with E-state index in [1.54, 1.807) is 43.3 Å². The molecule has 4 rings (SSSR count). The number of amides is 2. The van der Waals surface area contributed by atoms with E-state index in [1.165, 1.54) is 17.0 Å². The number of rotatable bonds is 12. The fraction of sp³-hybridized carbons (Fsp3) is 0.235. The van der Waals surface area contributed by atoms with Crippen molar-refractivity contribution in [3.05, 3.63) is 130 Å². The van der Waals surface area contributed by atoms with Crippen LogP contribution in [0.2, 0.25) is 5.02 Å². The first-order chi connectivity index (χ1) is 20.6. The molecule has 4 aromatic carbocycles. The number of hydrogen-bond donors (Lipinski definition) is 1. The van der Waals surface area contributed by atoms with Gasteiger partial charge in [0.15, 0.2) is 0 Å². The molecule has 1 atom stereocenters. The smallest absolute Gasteiger partial charge is 0.264 e. The Kier molecular flexibility index (Phi) is 10.6. The summed E-state index contributed by atoms with van der Waals surface area (Å²) in [7, 11) is -4.19. The fourth-order valence-electron chi connectivity index (χ4n) is 4.94. The Morgan fingerprint density at radius 1 is 0.837 bits per heavy atom. The molecule has 1 N–H and O–H groups in total. The van der Waals surface area contributed by atoms with Gasteiger partial charge in [0, 0.05) is 24.5 Å². The lowest BCUT2D eigenvalue weighted by molar-refractivity contribution is -0.140. The highest BCUT2D eigenvalue weighted by Gasteiger charge is 2.35. The molecule has 43 heavy (non-hydrogen) atoms. The topological polar surface area (TPSA) is 86.8 Å². The number of carbonyl (C=O) groups is 2. The highest BCUT2D eigenvalue weighted by Crippen LogP contribution is 2.30. The monoisotopic (exact) mass is 617 g/mol. The summed E-state index contributed by atoms with van der Waals surface area (Å²) in [5.41, 5.74) is 3.63. The number of benzene rings is 4. The molecule has 0 unspecified atom stereocenters. The summed E-state index contributed by atoms with van der Waals surface area (Å²) >= 11 is 6.33. The van der Waals surface area contributed by atoms with E-state index < -0.39 is 28.5 Å². The average Bonchev–Trinajstić information content (AvgIpc) is 3.00. The molecule has 4 aromatic rings. The number of likely N-dealkylation sites (N-methyl/N-ethyl adjacent to an activating group) is 1. The standard InChI is InChI=1S/C34H36ClN3O4S/c1-4-36-34(40)32(21-27-13-7-5-8-14-27)37(23-28-15-11-12-25(2)20-28)33(39)24-38(31-22-29(35)19-18-26(31)3)43(41,42)30-16-9-6-10-17-30/h5-20,22,32H,4,21,23-24H2,1-3H3,(H,36,40)/t32-/m1/s1. The molecule has 2 amide bonds. The predicted octanol–water partition coefficient (Wildman–Crippen LogP) is 5.93. The minimum atomic E-state index is -4.19. The number of nitrogens with one attached hydrogen (secondary N) is 1. The first-order valence-corrected chi connectivity index (χ1v) is 15.9. The van der Waals surface area contributed by atoms with E-state index >= 15 is 0 Å². The molecule has 7 nitrogen and oxygen atoms in total. The molecule has 9 heteroatoms. The largest absolute Gasteiger partial charge is 0.355 e. The van der Waals surface area contributed by atoms with Crippen LogP contribution in [-0.4, -0.2) is 44.3 Å². The lowest BCUT2D eigenvalue weighted by Gasteiger charge is -2.34. The van der Waals surface area contributed by atoms with Gasteiger partial charge >= 0.3 is 0 Å². The molecular weight excluding hydrogens is 582 g/mol. The second-order valence-electron chi connectivity index (χ2n) is 10.4. The number of hydrogen-bond acceptors (Lipinski definition) is 4. The molecule has 224 valence electrons. The third-order valence-electron chi connectivity index (χ3n) is 7.11. The molecule has 0 aliphatic carbocycles. The Bertz CT molecular complexity index is 1660. The van der Waals surface area contributed by atoms with Crippen LogP contribution >= 0.6 is 11.6 Å². The summed E-state index contributed by atoms with van der Waals surface area (Å²) < 4.78 is 29.3. The van der Waals surface area contributed by atoms with E-state index in [0.717, 1.165) is 21.0 Å². The summed E-state index contributed by atoms with van der Waals surface area (Å²) in [5.74, 6) is -0.837. The molecule has 0 spiro atoms. The van der Waals surface area contributed by atoms with Crippen LogP contribution < -0.4 is 9.62 Å². The SMILES string of the molecule is CCNC(=O)[C@@H](Cc1ccccc1)N(Cc1cccc(C)c1)C(=O)CN(c1cc(Cl)ccc1C)S(=O)(=O)c1ccccc1. The average molecular weight is 618 g/mol. The number of aryl methyl sites for hydroxylation is 2. The maximum absolute atomic E-state index is 14.4. The van der Waals surface area contributed by atoms with Crippen molar-refractivity contribution in [2.75, 3.05) is 17.4 Å². The van der Waals surface area contributed by atoms with Gasteiger partial charge in [0.25, 0.3) is 10.0 Å². The zero-order valence-electron chi connectivity index (χ0n) is 24.5. The quantitative estimate of drug-likeness (QED) is 0.214. The van der Waals surface area contributed by atoms with Crippen molar-refractivity contribution < 1.29 is 18.0 Å². The van der Waals surface area contributed by atoms with Crippen LogP contribution in [0.1, 0.15) is 29.2 Å².